The topological polar surface area (TPSA) is 57.8 Å². The fraction of sp³-hybridized carbons (Fsp3) is 0.400. The molecule has 0 saturated carbocycles. The maximum absolute atomic E-state index is 12.3. The Balaban J connectivity index is 0.00000131. The van der Waals surface area contributed by atoms with Crippen molar-refractivity contribution in [3.8, 4) is 0 Å². The van der Waals surface area contributed by atoms with E-state index in [1.807, 2.05) is 11.8 Å². The molecule has 0 amide bonds. The van der Waals surface area contributed by atoms with Crippen molar-refractivity contribution in [2.24, 2.45) is 0 Å². The summed E-state index contributed by atoms with van der Waals surface area (Å²) < 4.78 is -0.105. The Kier molecular flexibility index (Phi) is 7.67. The number of quaternary nitrogens is 1. The molecule has 0 aliphatic carbocycles. The lowest BCUT2D eigenvalue weighted by molar-refractivity contribution is -0.865. The smallest absolute Gasteiger partial charge is 0.0911 e. The molecular formula is C20H27ClN2O2S2. The number of rotatable bonds is 2. The number of hydrogen-bond donors (Lipinski definition) is 0. The number of fused-ring (bicyclic) bond motifs is 2. The van der Waals surface area contributed by atoms with Crippen LogP contribution in [0, 0.1) is 5.21 Å². The van der Waals surface area contributed by atoms with Crippen molar-refractivity contribution in [2.75, 3.05) is 39.5 Å². The highest BCUT2D eigenvalue weighted by Gasteiger charge is 2.32. The van der Waals surface area contributed by atoms with Crippen LogP contribution < -0.4 is 0 Å². The molecule has 0 aromatic heterocycles. The minimum Gasteiger partial charge on any atom is -0.633 e. The zero-order chi connectivity index (χ0) is 17.4. The molecule has 2 N–H and O–H groups in total. The lowest BCUT2D eigenvalue weighted by Crippen LogP contribution is -2.54. The first kappa shape index (κ1) is 22.6. The number of benzene rings is 2. The highest BCUT2D eigenvalue weighted by Crippen LogP contribution is 2.44. The predicted molar refractivity (Wildman–Crippen MR) is 117 cm³/mol. The van der Waals surface area contributed by atoms with Crippen LogP contribution in [-0.4, -0.2) is 54.5 Å². The van der Waals surface area contributed by atoms with Crippen LogP contribution in [0.5, 0.6) is 0 Å². The van der Waals surface area contributed by atoms with Gasteiger partial charge in [-0.2, -0.15) is 0 Å². The van der Waals surface area contributed by atoms with Crippen LogP contribution in [0.15, 0.2) is 57.2 Å². The summed E-state index contributed by atoms with van der Waals surface area (Å²) in [5, 5.41) is 12.3. The molecule has 2 aromatic rings. The third-order valence-corrected chi connectivity index (χ3v) is 7.28. The zero-order valence-electron chi connectivity index (χ0n) is 15.7. The lowest BCUT2D eigenvalue weighted by atomic mass is 9.96. The van der Waals surface area contributed by atoms with Crippen molar-refractivity contribution < 1.29 is 10.1 Å². The summed E-state index contributed by atoms with van der Waals surface area (Å²) in [6, 6.07) is 16.0. The summed E-state index contributed by atoms with van der Waals surface area (Å²) >= 11 is 3.69. The number of halogens is 1. The van der Waals surface area contributed by atoms with E-state index in [9.17, 15) is 5.21 Å². The zero-order valence-corrected chi connectivity index (χ0v) is 18.1. The largest absolute Gasteiger partial charge is 0.633 e. The fourth-order valence-corrected chi connectivity index (χ4v) is 5.32. The van der Waals surface area contributed by atoms with E-state index < -0.39 is 0 Å². The first-order valence-corrected chi connectivity index (χ1v) is 10.8. The van der Waals surface area contributed by atoms with Gasteiger partial charge in [-0.15, -0.1) is 24.2 Å². The summed E-state index contributed by atoms with van der Waals surface area (Å²) in [6.45, 7) is 3.12. The van der Waals surface area contributed by atoms with Crippen LogP contribution in [0.25, 0.3) is 0 Å². The van der Waals surface area contributed by atoms with Crippen molar-refractivity contribution in [1.29, 1.82) is 0 Å². The number of thioether (sulfide) groups is 1. The molecule has 1 fully saturated rings. The number of piperazine rings is 1. The van der Waals surface area contributed by atoms with E-state index in [4.69, 9.17) is 0 Å². The quantitative estimate of drug-likeness (QED) is 0.413. The Labute approximate surface area is 176 Å². The van der Waals surface area contributed by atoms with Gasteiger partial charge in [0.2, 0.25) is 0 Å². The SMILES string of the molecule is CSc1ccc2c(c1)C(N1CC[N+](C)([O-])CC1)Cc1ccccc1S2.Cl.O. The normalized spacial score (nSPS) is 21.1. The highest BCUT2D eigenvalue weighted by molar-refractivity contribution is 7.99. The van der Waals surface area contributed by atoms with Crippen LogP contribution in [0.1, 0.15) is 17.2 Å². The summed E-state index contributed by atoms with van der Waals surface area (Å²) in [5.74, 6) is 0. The van der Waals surface area contributed by atoms with Crippen molar-refractivity contribution in [3.63, 3.8) is 0 Å². The Morgan fingerprint density at radius 1 is 1.11 bits per heavy atom. The molecule has 0 radical (unpaired) electrons. The van der Waals surface area contributed by atoms with E-state index in [1.165, 1.54) is 25.8 Å². The standard InChI is InChI=1S/C20H24N2OS2.ClH.H2O/c1-22(23)11-9-21(10-12-22)18-13-15-5-3-4-6-19(15)25-20-8-7-16(24-2)14-17(18)20;;/h3-8,14,18H,9-13H2,1-2H3;1H;1H2. The number of hydrogen-bond acceptors (Lipinski definition) is 4. The molecule has 7 heteroatoms. The average molecular weight is 427 g/mol. The third-order valence-electron chi connectivity index (χ3n) is 5.34. The molecule has 2 aromatic carbocycles. The molecule has 1 unspecified atom stereocenters. The molecule has 148 valence electrons. The van der Waals surface area contributed by atoms with Gasteiger partial charge in [-0.25, -0.2) is 0 Å². The summed E-state index contributed by atoms with van der Waals surface area (Å²) in [4.78, 5) is 6.57. The Hall–Kier alpha value is -0.730. The van der Waals surface area contributed by atoms with Gasteiger partial charge in [0.05, 0.1) is 20.1 Å². The maximum atomic E-state index is 12.3. The minimum absolute atomic E-state index is 0. The van der Waals surface area contributed by atoms with Crippen LogP contribution in [0.4, 0.5) is 0 Å². The second-order valence-electron chi connectivity index (χ2n) is 7.11. The van der Waals surface area contributed by atoms with Gasteiger partial charge < -0.3 is 15.3 Å². The molecule has 0 spiro atoms. The summed E-state index contributed by atoms with van der Waals surface area (Å²) in [6.07, 6.45) is 3.16. The lowest BCUT2D eigenvalue weighted by Gasteiger charge is -2.47. The Morgan fingerprint density at radius 3 is 2.52 bits per heavy atom. The second-order valence-corrected chi connectivity index (χ2v) is 9.08. The van der Waals surface area contributed by atoms with Crippen LogP contribution in [0.3, 0.4) is 0 Å². The van der Waals surface area contributed by atoms with Crippen molar-refractivity contribution >= 4 is 35.9 Å². The molecule has 2 heterocycles. The van der Waals surface area contributed by atoms with Gasteiger partial charge in [-0.05, 0) is 48.1 Å². The van der Waals surface area contributed by atoms with Crippen molar-refractivity contribution in [1.82, 2.24) is 4.90 Å². The Morgan fingerprint density at radius 2 is 1.81 bits per heavy atom. The van der Waals surface area contributed by atoms with E-state index in [1.54, 1.807) is 18.8 Å². The monoisotopic (exact) mass is 426 g/mol. The van der Waals surface area contributed by atoms with E-state index in [2.05, 4.69) is 53.6 Å². The molecule has 2 aliphatic rings. The van der Waals surface area contributed by atoms with Crippen LogP contribution in [0.2, 0.25) is 0 Å². The summed E-state index contributed by atoms with van der Waals surface area (Å²) in [7, 11) is 1.80. The van der Waals surface area contributed by atoms with Gasteiger partial charge in [0.15, 0.2) is 0 Å². The second kappa shape index (κ2) is 9.18. The third kappa shape index (κ3) is 4.82. The van der Waals surface area contributed by atoms with Gasteiger partial charge in [0.25, 0.3) is 0 Å². The number of hydroxylamine groups is 3. The molecule has 1 saturated heterocycles. The fourth-order valence-electron chi connectivity index (χ4n) is 3.76. The van der Waals surface area contributed by atoms with Gasteiger partial charge >= 0.3 is 0 Å². The first-order chi connectivity index (χ1) is 12.1. The number of nitrogens with zero attached hydrogens (tertiary/aromatic N) is 2. The van der Waals surface area contributed by atoms with E-state index in [0.717, 1.165) is 19.5 Å². The average Bonchev–Trinajstić information content (AvgIpc) is 2.78. The van der Waals surface area contributed by atoms with E-state index in [0.29, 0.717) is 19.1 Å². The molecule has 0 bridgehead atoms. The Bertz CT molecular complexity index is 778. The van der Waals surface area contributed by atoms with Crippen molar-refractivity contribution in [3.05, 3.63) is 58.8 Å². The maximum Gasteiger partial charge on any atom is 0.0911 e. The van der Waals surface area contributed by atoms with Gasteiger partial charge in [0.1, 0.15) is 0 Å². The van der Waals surface area contributed by atoms with Gasteiger partial charge in [0, 0.05) is 33.8 Å². The van der Waals surface area contributed by atoms with Crippen LogP contribution in [-0.2, 0) is 6.42 Å². The van der Waals surface area contributed by atoms with E-state index >= 15 is 0 Å². The first-order valence-electron chi connectivity index (χ1n) is 8.79. The van der Waals surface area contributed by atoms with Gasteiger partial charge in [-0.1, -0.05) is 30.0 Å². The number of likely N-dealkylation sites (N-methyl/N-ethyl adjacent to an activating group) is 1. The van der Waals surface area contributed by atoms with Crippen LogP contribution >= 0.6 is 35.9 Å². The molecule has 4 nitrogen and oxygen atoms in total. The predicted octanol–water partition coefficient (Wildman–Crippen LogP) is 4.01. The molecule has 1 atom stereocenters. The molecular weight excluding hydrogens is 400 g/mol. The van der Waals surface area contributed by atoms with Crippen molar-refractivity contribution in [2.45, 2.75) is 27.1 Å². The summed E-state index contributed by atoms with van der Waals surface area (Å²) in [5.41, 5.74) is 2.85. The minimum atomic E-state index is -0.105. The molecule has 2 aliphatic heterocycles. The highest BCUT2D eigenvalue weighted by atomic mass is 35.5. The van der Waals surface area contributed by atoms with Gasteiger partial charge in [-0.3, -0.25) is 4.90 Å². The molecule has 27 heavy (non-hydrogen) atoms. The van der Waals surface area contributed by atoms with E-state index in [-0.39, 0.29) is 22.5 Å². The molecule has 4 rings (SSSR count).